The molecular formula is C19H30N4O3. The van der Waals surface area contributed by atoms with Crippen LogP contribution in [0.3, 0.4) is 0 Å². The van der Waals surface area contributed by atoms with Crippen LogP contribution in [0.25, 0.3) is 0 Å². The maximum atomic E-state index is 12.3. The molecule has 0 aliphatic rings. The van der Waals surface area contributed by atoms with Gasteiger partial charge in [0.15, 0.2) is 0 Å². The van der Waals surface area contributed by atoms with Gasteiger partial charge < -0.3 is 20.4 Å². The molecule has 2 N–H and O–H groups in total. The highest BCUT2D eigenvalue weighted by Gasteiger charge is 2.22. The summed E-state index contributed by atoms with van der Waals surface area (Å²) in [4.78, 5) is 40.2. The minimum absolute atomic E-state index is 0.123. The molecule has 0 aliphatic heterocycles. The van der Waals surface area contributed by atoms with E-state index in [1.54, 1.807) is 38.4 Å². The van der Waals surface area contributed by atoms with Gasteiger partial charge >= 0.3 is 11.8 Å². The van der Waals surface area contributed by atoms with E-state index in [0.29, 0.717) is 23.7 Å². The molecule has 0 bridgehead atoms. The number of nitrogens with one attached hydrogen (secondary N) is 2. The molecule has 0 aliphatic carbocycles. The van der Waals surface area contributed by atoms with Crippen molar-refractivity contribution >= 4 is 23.4 Å². The van der Waals surface area contributed by atoms with Gasteiger partial charge in [-0.2, -0.15) is 0 Å². The Bertz CT molecular complexity index is 631. The van der Waals surface area contributed by atoms with Crippen molar-refractivity contribution in [3.63, 3.8) is 0 Å². The summed E-state index contributed by atoms with van der Waals surface area (Å²) in [6.07, 6.45) is 0.771. The number of para-hydroxylation sites is 1. The highest BCUT2D eigenvalue weighted by atomic mass is 16.2. The molecule has 26 heavy (non-hydrogen) atoms. The average Bonchev–Trinajstić information content (AvgIpc) is 2.53. The minimum atomic E-state index is -0.781. The van der Waals surface area contributed by atoms with Crippen LogP contribution in [-0.2, 0) is 9.59 Å². The first-order valence-electron chi connectivity index (χ1n) is 8.69. The standard InChI is InChI=1S/C19H30N4O3/c1-13(2)11-14(12-22(3)4)20-17(24)18(25)21-16-10-8-7-9-15(16)19(26)23(5)6/h7-10,13-14H,11-12H2,1-6H3,(H,20,24)(H,21,25). The van der Waals surface area contributed by atoms with Crippen molar-refractivity contribution in [3.8, 4) is 0 Å². The van der Waals surface area contributed by atoms with Crippen LogP contribution in [0.2, 0.25) is 0 Å². The molecule has 1 unspecified atom stereocenters. The number of hydrogen-bond donors (Lipinski definition) is 2. The molecule has 0 heterocycles. The number of anilines is 1. The molecule has 144 valence electrons. The second-order valence-corrected chi connectivity index (χ2v) is 7.26. The Labute approximate surface area is 155 Å². The summed E-state index contributed by atoms with van der Waals surface area (Å²) in [6, 6.07) is 6.51. The minimum Gasteiger partial charge on any atom is -0.345 e. The monoisotopic (exact) mass is 362 g/mol. The Morgan fingerprint density at radius 2 is 1.62 bits per heavy atom. The lowest BCUT2D eigenvalue weighted by Crippen LogP contribution is -2.46. The maximum absolute atomic E-state index is 12.3. The molecule has 0 aromatic heterocycles. The number of rotatable bonds is 7. The molecule has 7 heteroatoms. The fraction of sp³-hybridized carbons (Fsp3) is 0.526. The Morgan fingerprint density at radius 3 is 2.15 bits per heavy atom. The van der Waals surface area contributed by atoms with Gasteiger partial charge in [-0.1, -0.05) is 26.0 Å². The van der Waals surface area contributed by atoms with Crippen molar-refractivity contribution in [1.29, 1.82) is 0 Å². The average molecular weight is 362 g/mol. The molecule has 0 spiro atoms. The second kappa shape index (κ2) is 9.91. The third kappa shape index (κ3) is 6.84. The summed E-state index contributed by atoms with van der Waals surface area (Å²) in [5, 5.41) is 5.33. The highest BCUT2D eigenvalue weighted by Crippen LogP contribution is 2.16. The van der Waals surface area contributed by atoms with E-state index in [0.717, 1.165) is 6.42 Å². The fourth-order valence-corrected chi connectivity index (χ4v) is 2.64. The van der Waals surface area contributed by atoms with Crippen molar-refractivity contribution in [3.05, 3.63) is 29.8 Å². The van der Waals surface area contributed by atoms with Crippen LogP contribution in [0.1, 0.15) is 30.6 Å². The number of nitrogens with zero attached hydrogens (tertiary/aromatic N) is 2. The van der Waals surface area contributed by atoms with Crippen molar-refractivity contribution in [1.82, 2.24) is 15.1 Å². The van der Waals surface area contributed by atoms with E-state index in [4.69, 9.17) is 0 Å². The Hall–Kier alpha value is -2.41. The Kier molecular flexibility index (Phi) is 8.25. The molecule has 1 atom stereocenters. The Morgan fingerprint density at radius 1 is 1.00 bits per heavy atom. The predicted octanol–water partition coefficient (Wildman–Crippen LogP) is 1.42. The lowest BCUT2D eigenvalue weighted by molar-refractivity contribution is -0.136. The van der Waals surface area contributed by atoms with Crippen LogP contribution in [0.5, 0.6) is 0 Å². The molecular weight excluding hydrogens is 332 g/mol. The number of likely N-dealkylation sites (N-methyl/N-ethyl adjacent to an activating group) is 1. The topological polar surface area (TPSA) is 81.8 Å². The van der Waals surface area contributed by atoms with Crippen molar-refractivity contribution < 1.29 is 14.4 Å². The van der Waals surface area contributed by atoms with Crippen LogP contribution in [0.4, 0.5) is 5.69 Å². The van der Waals surface area contributed by atoms with Crippen LogP contribution in [-0.4, -0.2) is 68.3 Å². The molecule has 1 aromatic rings. The van der Waals surface area contributed by atoms with Crippen LogP contribution in [0, 0.1) is 5.92 Å². The van der Waals surface area contributed by atoms with Crippen LogP contribution in [0.15, 0.2) is 24.3 Å². The summed E-state index contributed by atoms with van der Waals surface area (Å²) in [5.74, 6) is -1.34. The van der Waals surface area contributed by atoms with Gasteiger partial charge in [0.25, 0.3) is 5.91 Å². The van der Waals surface area contributed by atoms with E-state index < -0.39 is 11.8 Å². The maximum Gasteiger partial charge on any atom is 0.313 e. The van der Waals surface area contributed by atoms with Crippen molar-refractivity contribution in [2.75, 3.05) is 40.1 Å². The highest BCUT2D eigenvalue weighted by molar-refractivity contribution is 6.40. The summed E-state index contributed by atoms with van der Waals surface area (Å²) >= 11 is 0. The second-order valence-electron chi connectivity index (χ2n) is 7.26. The molecule has 0 radical (unpaired) electrons. The normalized spacial score (nSPS) is 12.0. The molecule has 7 nitrogen and oxygen atoms in total. The molecule has 1 rings (SSSR count). The molecule has 0 saturated heterocycles. The van der Waals surface area contributed by atoms with Gasteiger partial charge in [0.2, 0.25) is 0 Å². The van der Waals surface area contributed by atoms with E-state index in [-0.39, 0.29) is 11.9 Å². The summed E-state index contributed by atoms with van der Waals surface area (Å²) in [6.45, 7) is 4.78. The largest absolute Gasteiger partial charge is 0.345 e. The molecule has 0 saturated carbocycles. The van der Waals surface area contributed by atoms with Gasteiger partial charge in [0.05, 0.1) is 11.3 Å². The van der Waals surface area contributed by atoms with E-state index in [1.165, 1.54) is 4.90 Å². The fourth-order valence-electron chi connectivity index (χ4n) is 2.64. The number of carbonyl (C=O) groups is 3. The Balaban J connectivity index is 2.84. The van der Waals surface area contributed by atoms with Gasteiger partial charge in [0.1, 0.15) is 0 Å². The smallest absolute Gasteiger partial charge is 0.313 e. The van der Waals surface area contributed by atoms with E-state index >= 15 is 0 Å². The van der Waals surface area contributed by atoms with Crippen molar-refractivity contribution in [2.24, 2.45) is 5.92 Å². The van der Waals surface area contributed by atoms with Gasteiger partial charge in [0, 0.05) is 26.7 Å². The van der Waals surface area contributed by atoms with Crippen LogP contribution >= 0.6 is 0 Å². The summed E-state index contributed by atoms with van der Waals surface area (Å²) in [7, 11) is 7.10. The number of benzene rings is 1. The van der Waals surface area contributed by atoms with Gasteiger partial charge in [-0.25, -0.2) is 0 Å². The number of carbonyl (C=O) groups excluding carboxylic acids is 3. The van der Waals surface area contributed by atoms with Crippen molar-refractivity contribution in [2.45, 2.75) is 26.3 Å². The zero-order valence-electron chi connectivity index (χ0n) is 16.5. The summed E-state index contributed by atoms with van der Waals surface area (Å²) < 4.78 is 0. The van der Waals surface area contributed by atoms with E-state index in [9.17, 15) is 14.4 Å². The SMILES string of the molecule is CC(C)CC(CN(C)C)NC(=O)C(=O)Nc1ccccc1C(=O)N(C)C. The third-order valence-electron chi connectivity index (χ3n) is 3.69. The number of amides is 3. The van der Waals surface area contributed by atoms with Crippen LogP contribution < -0.4 is 10.6 Å². The van der Waals surface area contributed by atoms with Gasteiger partial charge in [-0.05, 0) is 38.6 Å². The predicted molar refractivity (Wildman–Crippen MR) is 103 cm³/mol. The third-order valence-corrected chi connectivity index (χ3v) is 3.69. The first-order chi connectivity index (χ1) is 12.1. The van der Waals surface area contributed by atoms with E-state index in [1.807, 2.05) is 19.0 Å². The zero-order valence-corrected chi connectivity index (χ0v) is 16.5. The van der Waals surface area contributed by atoms with E-state index in [2.05, 4.69) is 24.5 Å². The summed E-state index contributed by atoms with van der Waals surface area (Å²) in [5.41, 5.74) is 0.657. The first kappa shape index (κ1) is 21.6. The first-order valence-corrected chi connectivity index (χ1v) is 8.69. The van der Waals surface area contributed by atoms with Gasteiger partial charge in [-0.15, -0.1) is 0 Å². The number of hydrogen-bond acceptors (Lipinski definition) is 4. The zero-order chi connectivity index (χ0) is 19.9. The van der Waals surface area contributed by atoms with Gasteiger partial charge in [-0.3, -0.25) is 14.4 Å². The molecule has 1 aromatic carbocycles. The lowest BCUT2D eigenvalue weighted by atomic mass is 10.0. The molecule has 3 amide bonds. The quantitative estimate of drug-likeness (QED) is 0.719. The lowest BCUT2D eigenvalue weighted by Gasteiger charge is -2.23. The molecule has 0 fully saturated rings.